The van der Waals surface area contributed by atoms with E-state index in [1.165, 1.54) is 23.1 Å². The van der Waals surface area contributed by atoms with Crippen molar-refractivity contribution in [3.05, 3.63) is 111 Å². The first-order chi connectivity index (χ1) is 18.0. The first-order valence-corrected chi connectivity index (χ1v) is 13.6. The van der Waals surface area contributed by atoms with E-state index in [4.69, 9.17) is 0 Å². The molecule has 1 heterocycles. The molecular weight excluding hydrogens is 470 g/mol. The van der Waals surface area contributed by atoms with E-state index in [2.05, 4.69) is 45.0 Å². The van der Waals surface area contributed by atoms with Crippen LogP contribution in [0.4, 0.5) is 0 Å². The van der Waals surface area contributed by atoms with Crippen LogP contribution in [0.1, 0.15) is 84.2 Å². The van der Waals surface area contributed by atoms with Gasteiger partial charge in [0.15, 0.2) is 0 Å². The quantitative estimate of drug-likeness (QED) is 0.233. The second-order valence-corrected chi connectivity index (χ2v) is 11.9. The largest absolute Gasteiger partial charge is 0.507 e. The summed E-state index contributed by atoms with van der Waals surface area (Å²) in [5, 5.41) is 11.6. The van der Waals surface area contributed by atoms with Crippen LogP contribution in [0.25, 0.3) is 5.76 Å². The van der Waals surface area contributed by atoms with Gasteiger partial charge in [0.1, 0.15) is 5.76 Å². The standard InChI is InChI=1S/C34H37NO3/c1-21-10-11-22(2)27(18-21)20-35-30(24-14-16-28(17-15-24)34(3,4)5)29(32(37)33(35)38)31(36)26-13-12-23-8-6-7-9-25(23)19-26/h10-19,30,36H,6-9,20H2,1-5H3/b31-29-. The monoisotopic (exact) mass is 507 g/mol. The van der Waals surface area contributed by atoms with Gasteiger partial charge in [-0.1, -0.05) is 80.9 Å². The predicted molar refractivity (Wildman–Crippen MR) is 152 cm³/mol. The number of nitrogens with zero attached hydrogens (tertiary/aromatic N) is 1. The summed E-state index contributed by atoms with van der Waals surface area (Å²) in [7, 11) is 0. The Hall–Kier alpha value is -3.66. The van der Waals surface area contributed by atoms with Crippen molar-refractivity contribution >= 4 is 17.4 Å². The molecule has 1 aliphatic carbocycles. The molecule has 1 aliphatic heterocycles. The molecule has 1 saturated heterocycles. The minimum Gasteiger partial charge on any atom is -0.507 e. The number of carbonyl (C=O) groups excluding carboxylic acids is 2. The third kappa shape index (κ3) is 4.80. The highest BCUT2D eigenvalue weighted by Gasteiger charge is 2.46. The average molecular weight is 508 g/mol. The molecule has 2 aliphatic rings. The summed E-state index contributed by atoms with van der Waals surface area (Å²) in [5.74, 6) is -1.30. The Morgan fingerprint density at radius 1 is 0.895 bits per heavy atom. The first-order valence-electron chi connectivity index (χ1n) is 13.6. The summed E-state index contributed by atoms with van der Waals surface area (Å²) in [5.41, 5.74) is 8.42. The van der Waals surface area contributed by atoms with Gasteiger partial charge < -0.3 is 10.0 Å². The molecule has 1 fully saturated rings. The number of rotatable bonds is 4. The minimum atomic E-state index is -0.667. The van der Waals surface area contributed by atoms with Crippen molar-refractivity contribution in [3.63, 3.8) is 0 Å². The van der Waals surface area contributed by atoms with E-state index >= 15 is 0 Å². The second kappa shape index (κ2) is 9.90. The first kappa shape index (κ1) is 26.0. The van der Waals surface area contributed by atoms with Crippen molar-refractivity contribution in [1.82, 2.24) is 4.90 Å². The van der Waals surface area contributed by atoms with Crippen LogP contribution in [0.5, 0.6) is 0 Å². The van der Waals surface area contributed by atoms with Crippen LogP contribution < -0.4 is 0 Å². The molecular formula is C34H37NO3. The molecule has 0 aromatic heterocycles. The van der Waals surface area contributed by atoms with Crippen LogP contribution >= 0.6 is 0 Å². The van der Waals surface area contributed by atoms with E-state index in [9.17, 15) is 14.7 Å². The molecule has 0 spiro atoms. The molecule has 1 unspecified atom stereocenters. The van der Waals surface area contributed by atoms with Crippen LogP contribution in [0.2, 0.25) is 0 Å². The fourth-order valence-corrected chi connectivity index (χ4v) is 5.75. The number of ketones is 1. The highest BCUT2D eigenvalue weighted by molar-refractivity contribution is 6.46. The summed E-state index contributed by atoms with van der Waals surface area (Å²) < 4.78 is 0. The van der Waals surface area contributed by atoms with Crippen molar-refractivity contribution in [2.24, 2.45) is 0 Å². The van der Waals surface area contributed by atoms with E-state index in [-0.39, 0.29) is 16.7 Å². The zero-order valence-corrected chi connectivity index (χ0v) is 23.1. The zero-order valence-electron chi connectivity index (χ0n) is 23.1. The number of aliphatic hydroxyl groups is 1. The van der Waals surface area contributed by atoms with Gasteiger partial charge in [-0.25, -0.2) is 0 Å². The molecule has 3 aromatic rings. The second-order valence-electron chi connectivity index (χ2n) is 11.9. The lowest BCUT2D eigenvalue weighted by molar-refractivity contribution is -0.140. The van der Waals surface area contributed by atoms with Crippen LogP contribution in [0, 0.1) is 13.8 Å². The minimum absolute atomic E-state index is 0.0256. The number of amides is 1. The zero-order chi connectivity index (χ0) is 27.2. The Kier molecular flexibility index (Phi) is 6.77. The predicted octanol–water partition coefficient (Wildman–Crippen LogP) is 7.10. The van der Waals surface area contributed by atoms with Crippen LogP contribution in [0.15, 0.2) is 66.2 Å². The lowest BCUT2D eigenvalue weighted by atomic mass is 9.85. The SMILES string of the molecule is Cc1ccc(C)c(CN2C(=O)C(=O)/C(=C(\O)c3ccc4c(c3)CCCC4)C2c2ccc(C(C)(C)C)cc2)c1. The normalized spacial score (nSPS) is 19.1. The number of carbonyl (C=O) groups is 2. The molecule has 196 valence electrons. The maximum absolute atomic E-state index is 13.6. The topological polar surface area (TPSA) is 57.6 Å². The number of benzene rings is 3. The van der Waals surface area contributed by atoms with Crippen LogP contribution in [0.3, 0.4) is 0 Å². The van der Waals surface area contributed by atoms with Gasteiger partial charge in [-0.2, -0.15) is 0 Å². The lowest BCUT2D eigenvalue weighted by Gasteiger charge is -2.27. The Morgan fingerprint density at radius 2 is 1.58 bits per heavy atom. The maximum Gasteiger partial charge on any atom is 0.295 e. The highest BCUT2D eigenvalue weighted by atomic mass is 16.3. The molecule has 0 saturated carbocycles. The van der Waals surface area contributed by atoms with Gasteiger partial charge in [-0.05, 0) is 84.4 Å². The molecule has 0 bridgehead atoms. The fourth-order valence-electron chi connectivity index (χ4n) is 5.75. The van der Waals surface area contributed by atoms with E-state index in [1.54, 1.807) is 4.90 Å². The molecule has 5 rings (SSSR count). The Labute approximate surface area is 226 Å². The highest BCUT2D eigenvalue weighted by Crippen LogP contribution is 2.41. The van der Waals surface area contributed by atoms with E-state index in [0.29, 0.717) is 12.1 Å². The van der Waals surface area contributed by atoms with E-state index in [1.807, 2.05) is 50.2 Å². The van der Waals surface area contributed by atoms with Gasteiger partial charge in [0, 0.05) is 12.1 Å². The van der Waals surface area contributed by atoms with Crippen molar-refractivity contribution < 1.29 is 14.7 Å². The van der Waals surface area contributed by atoms with Gasteiger partial charge in [0.2, 0.25) is 0 Å². The van der Waals surface area contributed by atoms with Gasteiger partial charge in [-0.3, -0.25) is 9.59 Å². The number of likely N-dealkylation sites (tertiary alicyclic amines) is 1. The summed E-state index contributed by atoms with van der Waals surface area (Å²) >= 11 is 0. The Balaban J connectivity index is 1.64. The van der Waals surface area contributed by atoms with Crippen molar-refractivity contribution in [2.75, 3.05) is 0 Å². The smallest absolute Gasteiger partial charge is 0.295 e. The molecule has 3 aromatic carbocycles. The van der Waals surface area contributed by atoms with Gasteiger partial charge in [0.05, 0.1) is 11.6 Å². The Bertz CT molecular complexity index is 1440. The molecule has 1 atom stereocenters. The molecule has 0 radical (unpaired) electrons. The van der Waals surface area contributed by atoms with E-state index in [0.717, 1.165) is 41.5 Å². The fraction of sp³-hybridized carbons (Fsp3) is 0.353. The maximum atomic E-state index is 13.6. The number of hydrogen-bond acceptors (Lipinski definition) is 3. The van der Waals surface area contributed by atoms with Crippen LogP contribution in [-0.2, 0) is 34.4 Å². The third-order valence-electron chi connectivity index (χ3n) is 8.10. The molecule has 1 N–H and O–H groups in total. The molecule has 38 heavy (non-hydrogen) atoms. The van der Waals surface area contributed by atoms with E-state index < -0.39 is 17.7 Å². The number of aliphatic hydroxyl groups excluding tert-OH is 1. The molecule has 4 heteroatoms. The number of fused-ring (bicyclic) bond motifs is 1. The van der Waals surface area contributed by atoms with Gasteiger partial charge >= 0.3 is 0 Å². The van der Waals surface area contributed by atoms with Crippen molar-refractivity contribution in [3.8, 4) is 0 Å². The number of aryl methyl sites for hydroxylation is 4. The summed E-state index contributed by atoms with van der Waals surface area (Å²) in [4.78, 5) is 28.7. The molecule has 1 amide bonds. The van der Waals surface area contributed by atoms with Gasteiger partial charge in [0.25, 0.3) is 11.7 Å². The lowest BCUT2D eigenvalue weighted by Crippen LogP contribution is -2.29. The summed E-state index contributed by atoms with van der Waals surface area (Å²) in [6.07, 6.45) is 4.30. The summed E-state index contributed by atoms with van der Waals surface area (Å²) in [6, 6.07) is 19.5. The Morgan fingerprint density at radius 3 is 2.26 bits per heavy atom. The van der Waals surface area contributed by atoms with Gasteiger partial charge in [-0.15, -0.1) is 0 Å². The van der Waals surface area contributed by atoms with Crippen molar-refractivity contribution in [2.45, 2.75) is 78.3 Å². The summed E-state index contributed by atoms with van der Waals surface area (Å²) in [6.45, 7) is 10.8. The number of Topliss-reactive ketones (excluding diaryl/α,β-unsaturated/α-hetero) is 1. The molecule has 4 nitrogen and oxygen atoms in total. The third-order valence-corrected chi connectivity index (χ3v) is 8.10. The van der Waals surface area contributed by atoms with Crippen molar-refractivity contribution in [1.29, 1.82) is 0 Å². The number of hydrogen-bond donors (Lipinski definition) is 1. The average Bonchev–Trinajstić information content (AvgIpc) is 3.14. The van der Waals surface area contributed by atoms with Crippen LogP contribution in [-0.4, -0.2) is 21.7 Å².